The van der Waals surface area contributed by atoms with Gasteiger partial charge < -0.3 is 4.74 Å². The minimum atomic E-state index is -2.67. The number of benzene rings is 4. The maximum absolute atomic E-state index is 12.4. The standard InChI is InChI=1S/C27H22NO4P/c1-21(29)32-27(22-17-19-23(20-18-22)28(30)31)33(24-11-5-2-6-12-24,25-13-7-3-8-14-25)26-15-9-4-10-16-26/h2-20H,1H3. The average Bonchev–Trinajstić information content (AvgIpc) is 2.86. The van der Waals surface area contributed by atoms with Crippen molar-refractivity contribution < 1.29 is 14.5 Å². The number of hydrogen-bond donors (Lipinski definition) is 0. The van der Waals surface area contributed by atoms with Gasteiger partial charge in [0.1, 0.15) is 5.48 Å². The Morgan fingerprint density at radius 3 is 1.42 bits per heavy atom. The van der Waals surface area contributed by atoms with E-state index in [1.807, 2.05) is 91.0 Å². The highest BCUT2D eigenvalue weighted by Crippen LogP contribution is 2.48. The van der Waals surface area contributed by atoms with E-state index in [0.717, 1.165) is 15.9 Å². The lowest BCUT2D eigenvalue weighted by atomic mass is 10.2. The number of carbonyl (C=O) groups excluding carboxylic acids is 1. The Labute approximate surface area is 192 Å². The van der Waals surface area contributed by atoms with Crippen LogP contribution in [0.25, 0.3) is 0 Å². The summed E-state index contributed by atoms with van der Waals surface area (Å²) in [4.78, 5) is 23.2. The Morgan fingerprint density at radius 1 is 0.697 bits per heavy atom. The van der Waals surface area contributed by atoms with E-state index in [-0.39, 0.29) is 5.69 Å². The van der Waals surface area contributed by atoms with Crippen molar-refractivity contribution in [1.82, 2.24) is 0 Å². The fraction of sp³-hybridized carbons (Fsp3) is 0.0370. The SMILES string of the molecule is CC(=O)OC(c1ccc([N+](=O)[O-])cc1)=P(c1ccccc1)(c1ccccc1)c1ccccc1. The van der Waals surface area contributed by atoms with Crippen LogP contribution in [0.5, 0.6) is 0 Å². The highest BCUT2D eigenvalue weighted by Gasteiger charge is 2.33. The van der Waals surface area contributed by atoms with Crippen LogP contribution in [-0.4, -0.2) is 16.4 Å². The number of nitro groups is 1. The summed E-state index contributed by atoms with van der Waals surface area (Å²) < 4.78 is 6.02. The van der Waals surface area contributed by atoms with Crippen LogP contribution < -0.4 is 15.9 Å². The molecule has 0 spiro atoms. The third-order valence-electron chi connectivity index (χ3n) is 5.30. The second-order valence-corrected chi connectivity index (χ2v) is 10.7. The van der Waals surface area contributed by atoms with Gasteiger partial charge in [0, 0.05) is 31.5 Å². The predicted octanol–water partition coefficient (Wildman–Crippen LogP) is 4.63. The van der Waals surface area contributed by atoms with E-state index in [0.29, 0.717) is 11.0 Å². The minimum Gasteiger partial charge on any atom is -0.425 e. The number of non-ortho nitro benzene ring substituents is 1. The third-order valence-corrected chi connectivity index (χ3v) is 9.48. The number of carbonyl (C=O) groups is 1. The summed E-state index contributed by atoms with van der Waals surface area (Å²) in [5.41, 5.74) is 1.10. The summed E-state index contributed by atoms with van der Waals surface area (Å²) in [6, 6.07) is 36.1. The molecule has 0 atom stereocenters. The molecule has 0 aliphatic heterocycles. The molecule has 0 bridgehead atoms. The largest absolute Gasteiger partial charge is 0.425 e. The summed E-state index contributed by atoms with van der Waals surface area (Å²) in [6.07, 6.45) is 0. The van der Waals surface area contributed by atoms with Crippen molar-refractivity contribution in [3.63, 3.8) is 0 Å². The fourth-order valence-electron chi connectivity index (χ4n) is 3.94. The van der Waals surface area contributed by atoms with E-state index in [4.69, 9.17) is 4.74 Å². The maximum atomic E-state index is 12.4. The van der Waals surface area contributed by atoms with Gasteiger partial charge in [-0.3, -0.25) is 14.9 Å². The summed E-state index contributed by atoms with van der Waals surface area (Å²) in [5, 5.41) is 14.3. The van der Waals surface area contributed by atoms with E-state index in [2.05, 4.69) is 0 Å². The average molecular weight is 455 g/mol. The zero-order valence-electron chi connectivity index (χ0n) is 18.0. The molecule has 4 rings (SSSR count). The Bertz CT molecular complexity index is 1220. The summed E-state index contributed by atoms with van der Waals surface area (Å²) >= 11 is 0. The van der Waals surface area contributed by atoms with E-state index < -0.39 is 17.8 Å². The number of hydrogen-bond acceptors (Lipinski definition) is 4. The van der Waals surface area contributed by atoms with Gasteiger partial charge >= 0.3 is 5.97 Å². The number of rotatable bonds is 6. The molecular weight excluding hydrogens is 433 g/mol. The normalized spacial score (nSPS) is 10.9. The molecular formula is C27H22NO4P. The third kappa shape index (κ3) is 4.36. The van der Waals surface area contributed by atoms with Gasteiger partial charge in [0.2, 0.25) is 0 Å². The van der Waals surface area contributed by atoms with Crippen molar-refractivity contribution in [1.29, 1.82) is 0 Å². The zero-order valence-corrected chi connectivity index (χ0v) is 18.9. The van der Waals surface area contributed by atoms with Gasteiger partial charge in [-0.05, 0) is 28.0 Å². The Balaban J connectivity index is 2.23. The van der Waals surface area contributed by atoms with Gasteiger partial charge in [0.05, 0.1) is 4.92 Å². The number of esters is 1. The minimum absolute atomic E-state index is 0.0241. The van der Waals surface area contributed by atoms with Crippen LogP contribution >= 0.6 is 6.89 Å². The molecule has 0 aliphatic carbocycles. The van der Waals surface area contributed by atoms with Crippen LogP contribution in [0, 0.1) is 10.1 Å². The van der Waals surface area contributed by atoms with Crippen LogP contribution in [0.2, 0.25) is 0 Å². The maximum Gasteiger partial charge on any atom is 0.308 e. The molecule has 0 aliphatic rings. The number of nitrogens with zero attached hydrogens (tertiary/aromatic N) is 1. The molecule has 5 nitrogen and oxygen atoms in total. The molecule has 33 heavy (non-hydrogen) atoms. The van der Waals surface area contributed by atoms with Gasteiger partial charge in [0.15, 0.2) is 0 Å². The van der Waals surface area contributed by atoms with Crippen molar-refractivity contribution in [3.05, 3.63) is 131 Å². The summed E-state index contributed by atoms with van der Waals surface area (Å²) in [6.45, 7) is -1.30. The second kappa shape index (κ2) is 9.68. The lowest BCUT2D eigenvalue weighted by Gasteiger charge is -2.31. The van der Waals surface area contributed by atoms with Crippen molar-refractivity contribution in [2.45, 2.75) is 6.92 Å². The van der Waals surface area contributed by atoms with E-state index in [1.54, 1.807) is 12.1 Å². The first-order valence-electron chi connectivity index (χ1n) is 10.4. The molecule has 164 valence electrons. The predicted molar refractivity (Wildman–Crippen MR) is 134 cm³/mol. The van der Waals surface area contributed by atoms with Gasteiger partial charge in [0.25, 0.3) is 5.69 Å². The van der Waals surface area contributed by atoms with Gasteiger partial charge in [-0.15, -0.1) is 0 Å². The molecule has 0 unspecified atom stereocenters. The summed E-state index contributed by atoms with van der Waals surface area (Å²) in [7, 11) is 0. The molecule has 0 heterocycles. The Hall–Kier alpha value is -3.95. The van der Waals surface area contributed by atoms with Gasteiger partial charge in [-0.1, -0.05) is 91.0 Å². The molecule has 4 aromatic rings. The quantitative estimate of drug-likeness (QED) is 0.184. The van der Waals surface area contributed by atoms with Crippen molar-refractivity contribution in [2.24, 2.45) is 0 Å². The van der Waals surface area contributed by atoms with E-state index in [1.165, 1.54) is 19.1 Å². The Morgan fingerprint density at radius 2 is 1.09 bits per heavy atom. The molecule has 0 aromatic heterocycles. The first-order chi connectivity index (χ1) is 16.0. The monoisotopic (exact) mass is 455 g/mol. The zero-order chi connectivity index (χ0) is 23.3. The molecule has 4 aromatic carbocycles. The lowest BCUT2D eigenvalue weighted by Crippen LogP contribution is -2.32. The molecule has 0 amide bonds. The summed E-state index contributed by atoms with van der Waals surface area (Å²) in [5.74, 6) is -0.449. The van der Waals surface area contributed by atoms with Crippen LogP contribution in [0.15, 0.2) is 115 Å². The lowest BCUT2D eigenvalue weighted by molar-refractivity contribution is -0.384. The molecule has 0 fully saturated rings. The first kappa shape index (κ1) is 22.3. The van der Waals surface area contributed by atoms with Gasteiger partial charge in [-0.2, -0.15) is 0 Å². The highest BCUT2D eigenvalue weighted by molar-refractivity contribution is 7.95. The number of ether oxygens (including phenoxy) is 1. The Kier molecular flexibility index (Phi) is 6.53. The first-order valence-corrected chi connectivity index (χ1v) is 12.2. The van der Waals surface area contributed by atoms with Crippen molar-refractivity contribution in [2.75, 3.05) is 0 Å². The molecule has 0 radical (unpaired) electrons. The second-order valence-electron chi connectivity index (χ2n) is 7.38. The molecule has 0 saturated heterocycles. The van der Waals surface area contributed by atoms with Crippen LogP contribution in [0.1, 0.15) is 12.5 Å². The molecule has 0 saturated carbocycles. The fourth-order valence-corrected chi connectivity index (χ4v) is 8.19. The van der Waals surface area contributed by atoms with Crippen molar-refractivity contribution >= 4 is 39.9 Å². The number of nitro benzene ring substituents is 1. The van der Waals surface area contributed by atoms with Gasteiger partial charge in [-0.25, -0.2) is 0 Å². The topological polar surface area (TPSA) is 69.4 Å². The van der Waals surface area contributed by atoms with Crippen LogP contribution in [0.3, 0.4) is 0 Å². The highest BCUT2D eigenvalue weighted by atomic mass is 31.2. The van der Waals surface area contributed by atoms with Crippen LogP contribution in [0.4, 0.5) is 5.69 Å². The smallest absolute Gasteiger partial charge is 0.308 e. The molecule has 6 heteroatoms. The van der Waals surface area contributed by atoms with E-state index >= 15 is 0 Å². The van der Waals surface area contributed by atoms with Crippen molar-refractivity contribution in [3.8, 4) is 0 Å². The molecule has 0 N–H and O–H groups in total. The van der Waals surface area contributed by atoms with Crippen LogP contribution in [-0.2, 0) is 9.53 Å². The van der Waals surface area contributed by atoms with E-state index in [9.17, 15) is 14.9 Å².